The molecule has 0 N–H and O–H groups in total. The summed E-state index contributed by atoms with van der Waals surface area (Å²) in [5.74, 6) is 0.100. The monoisotopic (exact) mass is 190 g/mol. The quantitative estimate of drug-likeness (QED) is 0.670. The van der Waals surface area contributed by atoms with E-state index < -0.39 is 5.60 Å². The molecule has 2 heteroatoms. The lowest BCUT2D eigenvalue weighted by Gasteiger charge is -2.00. The molecule has 1 aromatic rings. The molecule has 1 aliphatic heterocycles. The molecule has 14 heavy (non-hydrogen) atoms. The van der Waals surface area contributed by atoms with Gasteiger partial charge in [-0.05, 0) is 26.3 Å². The first-order chi connectivity index (χ1) is 6.54. The van der Waals surface area contributed by atoms with Crippen LogP contribution in [0.2, 0.25) is 0 Å². The minimum atomic E-state index is -0.574. The molecule has 2 rings (SSSR count). The van der Waals surface area contributed by atoms with Crippen LogP contribution < -0.4 is 0 Å². The van der Waals surface area contributed by atoms with Gasteiger partial charge in [0.1, 0.15) is 6.10 Å². The minimum Gasteiger partial charge on any atom is -0.353 e. The highest BCUT2D eigenvalue weighted by Crippen LogP contribution is 2.49. The summed E-state index contributed by atoms with van der Waals surface area (Å²) >= 11 is 0. The zero-order valence-electron chi connectivity index (χ0n) is 8.70. The maximum Gasteiger partial charge on any atom is 0.164 e. The van der Waals surface area contributed by atoms with Crippen molar-refractivity contribution < 1.29 is 9.53 Å². The number of ketones is 1. The van der Waals surface area contributed by atoms with Crippen LogP contribution in [0.5, 0.6) is 0 Å². The van der Waals surface area contributed by atoms with Gasteiger partial charge in [0.15, 0.2) is 11.4 Å². The Bertz CT molecular complexity index is 366. The van der Waals surface area contributed by atoms with Gasteiger partial charge in [0.2, 0.25) is 0 Å². The number of ether oxygens (including phenoxy) is 1. The van der Waals surface area contributed by atoms with Crippen molar-refractivity contribution in [3.8, 4) is 0 Å². The number of rotatable bonds is 2. The summed E-state index contributed by atoms with van der Waals surface area (Å²) in [6.45, 7) is 5.47. The number of Topliss-reactive ketones (excluding diaryl/α,β-unsaturated/α-hetero) is 1. The van der Waals surface area contributed by atoms with Crippen LogP contribution in [0.3, 0.4) is 0 Å². The van der Waals surface area contributed by atoms with Gasteiger partial charge in [0, 0.05) is 0 Å². The van der Waals surface area contributed by atoms with E-state index in [2.05, 4.69) is 0 Å². The molecule has 0 aromatic heterocycles. The van der Waals surface area contributed by atoms with Crippen molar-refractivity contribution in [2.24, 2.45) is 0 Å². The number of aryl methyl sites for hydroxylation is 1. The molecule has 0 bridgehead atoms. The molecule has 1 aromatic carbocycles. The summed E-state index contributed by atoms with van der Waals surface area (Å²) in [5.41, 5.74) is 1.74. The number of benzene rings is 1. The highest BCUT2D eigenvalue weighted by molar-refractivity contribution is 5.88. The maximum atomic E-state index is 11.3. The Kier molecular flexibility index (Phi) is 1.96. The first-order valence-electron chi connectivity index (χ1n) is 4.79. The fourth-order valence-corrected chi connectivity index (χ4v) is 1.61. The molecule has 1 heterocycles. The fraction of sp³-hybridized carbons (Fsp3) is 0.417. The van der Waals surface area contributed by atoms with Crippen molar-refractivity contribution >= 4 is 5.78 Å². The lowest BCUT2D eigenvalue weighted by Crippen LogP contribution is -2.17. The van der Waals surface area contributed by atoms with Crippen LogP contribution in [0, 0.1) is 6.92 Å². The lowest BCUT2D eigenvalue weighted by molar-refractivity contribution is -0.121. The van der Waals surface area contributed by atoms with Crippen LogP contribution in [-0.2, 0) is 9.53 Å². The second kappa shape index (κ2) is 2.92. The van der Waals surface area contributed by atoms with Gasteiger partial charge in [0.05, 0.1) is 0 Å². The number of carbonyl (C=O) groups excluding carboxylic acids is 1. The van der Waals surface area contributed by atoms with Crippen LogP contribution in [0.1, 0.15) is 31.1 Å². The SMILES string of the molecule is CC(=O)[C@@]1(C)O[C@H]1c1ccc(C)cc1. The van der Waals surface area contributed by atoms with E-state index >= 15 is 0 Å². The normalized spacial score (nSPS) is 30.1. The first-order valence-corrected chi connectivity index (χ1v) is 4.79. The van der Waals surface area contributed by atoms with Crippen LogP contribution in [0.15, 0.2) is 24.3 Å². The Morgan fingerprint density at radius 1 is 1.36 bits per heavy atom. The predicted octanol–water partition coefficient (Wildman–Crippen LogP) is 2.41. The van der Waals surface area contributed by atoms with Gasteiger partial charge >= 0.3 is 0 Å². The Balaban J connectivity index is 2.21. The van der Waals surface area contributed by atoms with Crippen LogP contribution in [-0.4, -0.2) is 11.4 Å². The van der Waals surface area contributed by atoms with Crippen molar-refractivity contribution in [1.82, 2.24) is 0 Å². The minimum absolute atomic E-state index is 0.0411. The summed E-state index contributed by atoms with van der Waals surface area (Å²) in [4.78, 5) is 11.3. The number of hydrogen-bond acceptors (Lipinski definition) is 2. The zero-order chi connectivity index (χ0) is 10.3. The first kappa shape index (κ1) is 9.41. The second-order valence-corrected chi connectivity index (χ2v) is 4.07. The average molecular weight is 190 g/mol. The largest absolute Gasteiger partial charge is 0.353 e. The van der Waals surface area contributed by atoms with E-state index in [4.69, 9.17) is 4.74 Å². The predicted molar refractivity (Wildman–Crippen MR) is 54.1 cm³/mol. The van der Waals surface area contributed by atoms with Crippen molar-refractivity contribution in [1.29, 1.82) is 0 Å². The van der Waals surface area contributed by atoms with Crippen LogP contribution in [0.25, 0.3) is 0 Å². The number of carbonyl (C=O) groups is 1. The van der Waals surface area contributed by atoms with E-state index in [0.29, 0.717) is 0 Å². The Hall–Kier alpha value is -1.15. The fourth-order valence-electron chi connectivity index (χ4n) is 1.61. The number of epoxide rings is 1. The summed E-state index contributed by atoms with van der Waals surface area (Å²) in [7, 11) is 0. The van der Waals surface area contributed by atoms with Crippen molar-refractivity contribution in [3.05, 3.63) is 35.4 Å². The standard InChI is InChI=1S/C12H14O2/c1-8-4-6-10(7-5-8)11-12(3,14-11)9(2)13/h4-7,11H,1-3H3/t11-,12+/m0/s1. The molecule has 0 saturated carbocycles. The molecule has 0 spiro atoms. The van der Waals surface area contributed by atoms with Gasteiger partial charge in [-0.25, -0.2) is 0 Å². The van der Waals surface area contributed by atoms with E-state index in [1.807, 2.05) is 38.1 Å². The second-order valence-electron chi connectivity index (χ2n) is 4.07. The van der Waals surface area contributed by atoms with E-state index in [9.17, 15) is 4.79 Å². The maximum absolute atomic E-state index is 11.3. The molecule has 0 amide bonds. The average Bonchev–Trinajstić information content (AvgIpc) is 2.81. The lowest BCUT2D eigenvalue weighted by atomic mass is 9.97. The summed E-state index contributed by atoms with van der Waals surface area (Å²) in [5, 5.41) is 0. The molecular weight excluding hydrogens is 176 g/mol. The van der Waals surface area contributed by atoms with Crippen molar-refractivity contribution in [2.45, 2.75) is 32.5 Å². The van der Waals surface area contributed by atoms with Gasteiger partial charge in [-0.15, -0.1) is 0 Å². The van der Waals surface area contributed by atoms with Crippen molar-refractivity contribution in [3.63, 3.8) is 0 Å². The molecule has 2 nitrogen and oxygen atoms in total. The van der Waals surface area contributed by atoms with Gasteiger partial charge in [-0.1, -0.05) is 29.8 Å². The molecule has 2 atom stereocenters. The third kappa shape index (κ3) is 1.36. The van der Waals surface area contributed by atoms with Gasteiger partial charge in [-0.3, -0.25) is 4.79 Å². The smallest absolute Gasteiger partial charge is 0.164 e. The molecule has 1 fully saturated rings. The summed E-state index contributed by atoms with van der Waals surface area (Å²) in [6, 6.07) is 8.12. The van der Waals surface area contributed by atoms with Crippen LogP contribution >= 0.6 is 0 Å². The highest BCUT2D eigenvalue weighted by atomic mass is 16.6. The van der Waals surface area contributed by atoms with E-state index in [1.165, 1.54) is 5.56 Å². The Labute approximate surface area is 83.9 Å². The van der Waals surface area contributed by atoms with E-state index in [1.54, 1.807) is 6.92 Å². The molecule has 0 aliphatic carbocycles. The topological polar surface area (TPSA) is 29.6 Å². The molecule has 1 aliphatic rings. The third-order valence-corrected chi connectivity index (χ3v) is 2.88. The van der Waals surface area contributed by atoms with Crippen LogP contribution in [0.4, 0.5) is 0 Å². The van der Waals surface area contributed by atoms with Crippen molar-refractivity contribution in [2.75, 3.05) is 0 Å². The molecule has 0 unspecified atom stereocenters. The van der Waals surface area contributed by atoms with Gasteiger partial charge in [-0.2, -0.15) is 0 Å². The molecular formula is C12H14O2. The highest BCUT2D eigenvalue weighted by Gasteiger charge is 2.56. The Morgan fingerprint density at radius 2 is 1.93 bits per heavy atom. The van der Waals surface area contributed by atoms with Gasteiger partial charge in [0.25, 0.3) is 0 Å². The zero-order valence-corrected chi connectivity index (χ0v) is 8.70. The summed E-state index contributed by atoms with van der Waals surface area (Å²) in [6.07, 6.45) is -0.0411. The van der Waals surface area contributed by atoms with E-state index in [0.717, 1.165) is 5.56 Å². The Morgan fingerprint density at radius 3 is 2.36 bits per heavy atom. The molecule has 0 radical (unpaired) electrons. The number of hydrogen-bond donors (Lipinski definition) is 0. The van der Waals surface area contributed by atoms with Gasteiger partial charge < -0.3 is 4.74 Å². The molecule has 1 saturated heterocycles. The third-order valence-electron chi connectivity index (χ3n) is 2.88. The van der Waals surface area contributed by atoms with E-state index in [-0.39, 0.29) is 11.9 Å². The molecule has 74 valence electrons. The summed E-state index contributed by atoms with van der Waals surface area (Å²) < 4.78 is 5.44.